The van der Waals surface area contributed by atoms with Gasteiger partial charge < -0.3 is 27.4 Å². The molecular weight excluding hydrogens is 294 g/mol. The minimum Gasteiger partial charge on any atom is -0.412 e. The van der Waals surface area contributed by atoms with Crippen LogP contribution in [0.4, 0.5) is 0 Å². The summed E-state index contributed by atoms with van der Waals surface area (Å²) in [5, 5.41) is 11.3. The number of nitrogens with one attached hydrogen (secondary N) is 1. The Morgan fingerprint density at radius 2 is 1.70 bits per heavy atom. The summed E-state index contributed by atoms with van der Waals surface area (Å²) in [4.78, 5) is 11.4. The van der Waals surface area contributed by atoms with Gasteiger partial charge in [-0.15, -0.1) is 0 Å². The van der Waals surface area contributed by atoms with E-state index in [4.69, 9.17) is 16.6 Å². The highest BCUT2D eigenvalue weighted by atomic mass is 16.3. The van der Waals surface area contributed by atoms with Gasteiger partial charge in [0.2, 0.25) is 5.91 Å². The maximum Gasteiger partial charge on any atom is 0.239 e. The van der Waals surface area contributed by atoms with Crippen LogP contribution in [0.15, 0.2) is 30.3 Å². The fraction of sp³-hybridized carbons (Fsp3) is 0.588. The molecule has 0 saturated carbocycles. The molecule has 1 amide bonds. The fourth-order valence-corrected chi connectivity index (χ4v) is 1.32. The zero-order valence-corrected chi connectivity index (χ0v) is 14.9. The summed E-state index contributed by atoms with van der Waals surface area (Å²) >= 11 is 0. The van der Waals surface area contributed by atoms with Gasteiger partial charge in [0.15, 0.2) is 0 Å². The molecule has 0 heterocycles. The molecule has 1 aromatic rings. The van der Waals surface area contributed by atoms with Crippen LogP contribution in [0.1, 0.15) is 43.0 Å². The zero-order chi connectivity index (χ0) is 17.4. The van der Waals surface area contributed by atoms with Gasteiger partial charge in [-0.1, -0.05) is 51.1 Å². The Morgan fingerprint density at radius 1 is 1.22 bits per heavy atom. The van der Waals surface area contributed by atoms with Crippen LogP contribution in [0.3, 0.4) is 0 Å². The van der Waals surface area contributed by atoms with Gasteiger partial charge in [-0.05, 0) is 24.8 Å². The fourth-order valence-electron chi connectivity index (χ4n) is 1.32. The van der Waals surface area contributed by atoms with Gasteiger partial charge in [-0.25, -0.2) is 0 Å². The molecule has 0 saturated heterocycles. The molecule has 0 aliphatic heterocycles. The second-order valence-corrected chi connectivity index (χ2v) is 7.05. The van der Waals surface area contributed by atoms with Crippen LogP contribution in [0.5, 0.6) is 0 Å². The van der Waals surface area contributed by atoms with Crippen LogP contribution in [0.25, 0.3) is 0 Å². The van der Waals surface area contributed by atoms with Crippen LogP contribution in [0.2, 0.25) is 0 Å². The lowest BCUT2D eigenvalue weighted by Gasteiger charge is -2.28. The van der Waals surface area contributed by atoms with E-state index >= 15 is 0 Å². The molecule has 23 heavy (non-hydrogen) atoms. The van der Waals surface area contributed by atoms with Crippen molar-refractivity contribution in [3.8, 4) is 0 Å². The molecule has 8 N–H and O–H groups in total. The average Bonchev–Trinajstić information content (AvgIpc) is 2.43. The number of aliphatic hydroxyl groups excluding tert-OH is 1. The highest BCUT2D eigenvalue weighted by Gasteiger charge is 2.25. The lowest BCUT2D eigenvalue weighted by Crippen LogP contribution is -2.53. The molecule has 0 spiro atoms. The van der Waals surface area contributed by atoms with Crippen molar-refractivity contribution in [2.75, 3.05) is 6.54 Å². The smallest absolute Gasteiger partial charge is 0.239 e. The maximum absolute atomic E-state index is 11.4. The van der Waals surface area contributed by atoms with Crippen LogP contribution in [-0.2, 0) is 11.4 Å². The maximum atomic E-state index is 11.4. The normalized spacial score (nSPS) is 12.3. The second kappa shape index (κ2) is 10.3. The van der Waals surface area contributed by atoms with Crippen molar-refractivity contribution in [3.63, 3.8) is 0 Å². The molecule has 0 unspecified atom stereocenters. The number of amides is 1. The molecular formula is C17H37N3O3. The van der Waals surface area contributed by atoms with Gasteiger partial charge in [-0.3, -0.25) is 4.79 Å². The topological polar surface area (TPSA) is 133 Å². The largest absolute Gasteiger partial charge is 0.412 e. The molecule has 0 aromatic heterocycles. The van der Waals surface area contributed by atoms with Gasteiger partial charge in [0.05, 0.1) is 12.1 Å². The molecule has 0 aliphatic rings. The monoisotopic (exact) mass is 331 g/mol. The number of nitrogens with two attached hydrogens (primary N) is 2. The van der Waals surface area contributed by atoms with Crippen molar-refractivity contribution in [1.82, 2.24) is 5.32 Å². The van der Waals surface area contributed by atoms with E-state index in [1.165, 1.54) is 0 Å². The summed E-state index contributed by atoms with van der Waals surface area (Å²) < 4.78 is 0. The Kier molecular flexibility index (Phi) is 10.7. The van der Waals surface area contributed by atoms with Crippen LogP contribution in [0, 0.1) is 5.41 Å². The number of benzene rings is 1. The molecule has 138 valence electrons. The van der Waals surface area contributed by atoms with E-state index in [0.717, 1.165) is 5.56 Å². The summed E-state index contributed by atoms with van der Waals surface area (Å²) in [6, 6.07) is 9.46. The minimum atomic E-state index is -0.836. The number of carbonyl (C=O) groups is 1. The van der Waals surface area contributed by atoms with Crippen molar-refractivity contribution < 1.29 is 18.2 Å². The quantitative estimate of drug-likeness (QED) is 0.656. The van der Waals surface area contributed by atoms with Crippen LogP contribution >= 0.6 is 0 Å². The van der Waals surface area contributed by atoms with Gasteiger partial charge in [0.1, 0.15) is 0 Å². The molecule has 1 atom stereocenters. The zero-order valence-electron chi connectivity index (χ0n) is 14.9. The minimum absolute atomic E-state index is 0. The Labute approximate surface area is 142 Å². The Morgan fingerprint density at radius 3 is 2.00 bits per heavy atom. The van der Waals surface area contributed by atoms with Crippen LogP contribution in [-0.4, -0.2) is 34.6 Å². The summed E-state index contributed by atoms with van der Waals surface area (Å²) in [5.41, 5.74) is 11.6. The van der Waals surface area contributed by atoms with E-state index in [0.29, 0.717) is 6.54 Å². The molecule has 0 bridgehead atoms. The molecule has 0 aliphatic carbocycles. The molecule has 6 heteroatoms. The van der Waals surface area contributed by atoms with E-state index in [1.54, 1.807) is 13.8 Å². The van der Waals surface area contributed by atoms with E-state index in [9.17, 15) is 4.79 Å². The van der Waals surface area contributed by atoms with E-state index in [1.807, 2.05) is 51.1 Å². The number of aliphatic hydroxyl groups is 1. The van der Waals surface area contributed by atoms with Crippen molar-refractivity contribution in [3.05, 3.63) is 35.9 Å². The van der Waals surface area contributed by atoms with Crippen molar-refractivity contribution >= 4 is 5.91 Å². The number of rotatable bonds is 4. The van der Waals surface area contributed by atoms with Gasteiger partial charge in [0.25, 0.3) is 0 Å². The first-order valence-electron chi connectivity index (χ1n) is 7.46. The van der Waals surface area contributed by atoms with Crippen LogP contribution < -0.4 is 16.8 Å². The molecule has 6 nitrogen and oxygen atoms in total. The first kappa shape index (κ1) is 23.8. The highest BCUT2D eigenvalue weighted by Crippen LogP contribution is 2.16. The standard InChI is InChI=1S/C10H23N3O.C7H8O.H2O.2H2/c1-9(2,3)7(11)6-13-8(14)10(4,5)12;8-6-7-4-2-1-3-5-7;;;/h7H,6,11-12H2,1-5H3,(H,13,14);1-5,8H,6H2;1H2;2*1H/t7-;;;;/m1..../s1. The van der Waals surface area contributed by atoms with E-state index in [-0.39, 0.29) is 32.3 Å². The number of hydrogen-bond acceptors (Lipinski definition) is 4. The third kappa shape index (κ3) is 10.8. The van der Waals surface area contributed by atoms with Crippen molar-refractivity contribution in [1.29, 1.82) is 0 Å². The molecule has 0 fully saturated rings. The Bertz CT molecular complexity index is 447. The Balaban J connectivity index is -0.000000174. The predicted molar refractivity (Wildman–Crippen MR) is 98.9 cm³/mol. The lowest BCUT2D eigenvalue weighted by molar-refractivity contribution is -0.125. The predicted octanol–water partition coefficient (Wildman–Crippen LogP) is 1.06. The number of hydrogen-bond donors (Lipinski definition) is 4. The molecule has 0 radical (unpaired) electrons. The Hall–Kier alpha value is -1.47. The van der Waals surface area contributed by atoms with Crippen molar-refractivity contribution in [2.45, 2.75) is 52.8 Å². The first-order valence-corrected chi connectivity index (χ1v) is 7.46. The lowest BCUT2D eigenvalue weighted by atomic mass is 9.87. The van der Waals surface area contributed by atoms with Gasteiger partial charge >= 0.3 is 0 Å². The first-order chi connectivity index (χ1) is 9.98. The van der Waals surface area contributed by atoms with E-state index < -0.39 is 5.54 Å². The summed E-state index contributed by atoms with van der Waals surface area (Å²) in [7, 11) is 0. The summed E-state index contributed by atoms with van der Waals surface area (Å²) in [6.45, 7) is 10.1. The molecule has 1 rings (SSSR count). The van der Waals surface area contributed by atoms with E-state index in [2.05, 4.69) is 5.32 Å². The van der Waals surface area contributed by atoms with Gasteiger partial charge in [-0.2, -0.15) is 0 Å². The summed E-state index contributed by atoms with van der Waals surface area (Å²) in [6.07, 6.45) is 0. The van der Waals surface area contributed by atoms with Crippen molar-refractivity contribution in [2.24, 2.45) is 16.9 Å². The second-order valence-electron chi connectivity index (χ2n) is 7.05. The summed E-state index contributed by atoms with van der Waals surface area (Å²) in [5.74, 6) is -0.169. The number of carbonyl (C=O) groups excluding carboxylic acids is 1. The third-order valence-corrected chi connectivity index (χ3v) is 3.21. The molecule has 1 aromatic carbocycles. The van der Waals surface area contributed by atoms with Gasteiger partial charge in [0, 0.05) is 15.4 Å². The third-order valence-electron chi connectivity index (χ3n) is 3.21. The SMILES string of the molecule is CC(C)(N)C(=O)NC[C@@H](N)C(C)(C)C.O.OCc1ccccc1.[HH].[HH]. The average molecular weight is 332 g/mol. The highest BCUT2D eigenvalue weighted by molar-refractivity contribution is 5.85.